The Morgan fingerprint density at radius 1 is 1.05 bits per heavy atom. The average Bonchev–Trinajstić information content (AvgIpc) is 2.42. The Hall–Kier alpha value is -0.850. The molecule has 19 heavy (non-hydrogen) atoms. The second kappa shape index (κ2) is 9.12. The van der Waals surface area contributed by atoms with Crippen molar-refractivity contribution >= 4 is 13.4 Å². The predicted octanol–water partition coefficient (Wildman–Crippen LogP) is 5.29. The van der Waals surface area contributed by atoms with E-state index in [4.69, 9.17) is 0 Å². The molecular weight excluding hydrogens is 255 g/mol. The summed E-state index contributed by atoms with van der Waals surface area (Å²) in [6.07, 6.45) is 8.98. The van der Waals surface area contributed by atoms with Crippen LogP contribution < -0.4 is 0 Å². The highest BCUT2D eigenvalue weighted by molar-refractivity contribution is 7.61. The monoisotopic (exact) mass is 280 g/mol. The van der Waals surface area contributed by atoms with Crippen LogP contribution in [-0.2, 0) is 4.57 Å². The van der Waals surface area contributed by atoms with Gasteiger partial charge in [0.2, 0.25) is 7.37 Å². The second-order valence-corrected chi connectivity index (χ2v) is 7.23. The minimum Gasteiger partial charge on any atom is -0.341 e. The molecule has 3 heteroatoms. The van der Waals surface area contributed by atoms with E-state index in [9.17, 15) is 9.46 Å². The summed E-state index contributed by atoms with van der Waals surface area (Å²) < 4.78 is 11.9. The van der Waals surface area contributed by atoms with Gasteiger partial charge in [0, 0.05) is 12.0 Å². The fourth-order valence-corrected chi connectivity index (χ4v) is 3.19. The van der Waals surface area contributed by atoms with Gasteiger partial charge in [-0.25, -0.2) is 0 Å². The van der Waals surface area contributed by atoms with E-state index in [2.05, 4.69) is 6.92 Å². The highest BCUT2D eigenvalue weighted by atomic mass is 31.2. The summed E-state index contributed by atoms with van der Waals surface area (Å²) in [5.41, 5.74) is 0.972. The van der Waals surface area contributed by atoms with E-state index < -0.39 is 7.37 Å². The molecule has 0 radical (unpaired) electrons. The molecule has 0 spiro atoms. The van der Waals surface area contributed by atoms with E-state index in [1.807, 2.05) is 30.3 Å². The first-order valence-corrected chi connectivity index (χ1v) is 9.11. The molecule has 2 nitrogen and oxygen atoms in total. The largest absolute Gasteiger partial charge is 0.341 e. The van der Waals surface area contributed by atoms with Crippen LogP contribution >= 0.6 is 7.37 Å². The maximum absolute atomic E-state index is 11.9. The number of unbranched alkanes of at least 4 members (excludes halogenated alkanes) is 5. The molecule has 1 unspecified atom stereocenters. The molecule has 0 heterocycles. The van der Waals surface area contributed by atoms with Crippen LogP contribution in [0.1, 0.15) is 51.0 Å². The Labute approximate surface area is 117 Å². The van der Waals surface area contributed by atoms with Crippen LogP contribution in [-0.4, -0.2) is 11.1 Å². The molecular formula is C16H25O2P. The molecule has 0 amide bonds. The zero-order chi connectivity index (χ0) is 14.0. The van der Waals surface area contributed by atoms with Crippen molar-refractivity contribution in [2.45, 2.75) is 45.4 Å². The van der Waals surface area contributed by atoms with E-state index in [0.717, 1.165) is 18.4 Å². The zero-order valence-corrected chi connectivity index (χ0v) is 12.7. The molecule has 1 aromatic rings. The summed E-state index contributed by atoms with van der Waals surface area (Å²) in [5, 5.41) is 0. The van der Waals surface area contributed by atoms with Gasteiger partial charge in [-0.15, -0.1) is 0 Å². The maximum atomic E-state index is 11.9. The van der Waals surface area contributed by atoms with Crippen molar-refractivity contribution in [3.63, 3.8) is 0 Å². The molecule has 0 fully saturated rings. The molecule has 106 valence electrons. The van der Waals surface area contributed by atoms with Gasteiger partial charge < -0.3 is 4.89 Å². The van der Waals surface area contributed by atoms with Crippen LogP contribution in [0.3, 0.4) is 0 Å². The van der Waals surface area contributed by atoms with Crippen molar-refractivity contribution in [3.8, 4) is 0 Å². The number of benzene rings is 1. The third-order valence-electron chi connectivity index (χ3n) is 3.13. The predicted molar refractivity (Wildman–Crippen MR) is 83.5 cm³/mol. The summed E-state index contributed by atoms with van der Waals surface area (Å²) in [6, 6.07) is 9.65. The van der Waals surface area contributed by atoms with Crippen molar-refractivity contribution in [2.24, 2.45) is 0 Å². The standard InChI is InChI=1S/C16H25O2P/c1-2-3-4-5-6-10-14-19(17,18)15-13-16-11-8-7-9-12-16/h7-9,11-13,15H,2-6,10,14H2,1H3,(H,17,18). The first kappa shape index (κ1) is 16.2. The van der Waals surface area contributed by atoms with Crippen molar-refractivity contribution in [2.75, 3.05) is 6.16 Å². The minimum atomic E-state index is -3.09. The summed E-state index contributed by atoms with van der Waals surface area (Å²) >= 11 is 0. The quantitative estimate of drug-likeness (QED) is 0.493. The average molecular weight is 280 g/mol. The molecule has 0 aliphatic heterocycles. The van der Waals surface area contributed by atoms with Gasteiger partial charge in [-0.05, 0) is 18.1 Å². The van der Waals surface area contributed by atoms with Crippen LogP contribution in [0.4, 0.5) is 0 Å². The summed E-state index contributed by atoms with van der Waals surface area (Å²) in [4.78, 5) is 9.85. The van der Waals surface area contributed by atoms with Crippen molar-refractivity contribution in [1.82, 2.24) is 0 Å². The lowest BCUT2D eigenvalue weighted by molar-refractivity contribution is 0.484. The van der Waals surface area contributed by atoms with Gasteiger partial charge in [-0.1, -0.05) is 69.4 Å². The van der Waals surface area contributed by atoms with Crippen molar-refractivity contribution < 1.29 is 9.46 Å². The van der Waals surface area contributed by atoms with Gasteiger partial charge in [0.25, 0.3) is 0 Å². The Kier molecular flexibility index (Phi) is 7.78. The summed E-state index contributed by atoms with van der Waals surface area (Å²) in [7, 11) is -3.09. The minimum absolute atomic E-state index is 0.405. The van der Waals surface area contributed by atoms with E-state index >= 15 is 0 Å². The third-order valence-corrected chi connectivity index (χ3v) is 4.70. The van der Waals surface area contributed by atoms with Crippen molar-refractivity contribution in [1.29, 1.82) is 0 Å². The molecule has 1 atom stereocenters. The van der Waals surface area contributed by atoms with E-state index in [0.29, 0.717) is 6.16 Å². The fraction of sp³-hybridized carbons (Fsp3) is 0.500. The lowest BCUT2D eigenvalue weighted by Crippen LogP contribution is -1.87. The normalized spacial score (nSPS) is 14.6. The lowest BCUT2D eigenvalue weighted by Gasteiger charge is -2.06. The van der Waals surface area contributed by atoms with E-state index in [1.54, 1.807) is 6.08 Å². The number of hydrogen-bond donors (Lipinski definition) is 1. The van der Waals surface area contributed by atoms with Gasteiger partial charge in [0.15, 0.2) is 0 Å². The maximum Gasteiger partial charge on any atom is 0.222 e. The van der Waals surface area contributed by atoms with Crippen LogP contribution in [0.5, 0.6) is 0 Å². The first-order chi connectivity index (χ1) is 9.14. The Morgan fingerprint density at radius 2 is 1.68 bits per heavy atom. The van der Waals surface area contributed by atoms with E-state index in [1.165, 1.54) is 31.5 Å². The first-order valence-electron chi connectivity index (χ1n) is 7.20. The Balaban J connectivity index is 2.28. The molecule has 0 aliphatic carbocycles. The Morgan fingerprint density at radius 3 is 2.37 bits per heavy atom. The van der Waals surface area contributed by atoms with Gasteiger partial charge in [0.05, 0.1) is 0 Å². The molecule has 0 aliphatic rings. The molecule has 0 aromatic heterocycles. The van der Waals surface area contributed by atoms with Gasteiger partial charge in [-0.3, -0.25) is 4.57 Å². The lowest BCUT2D eigenvalue weighted by atomic mass is 10.1. The fourth-order valence-electron chi connectivity index (χ4n) is 1.96. The molecule has 0 bridgehead atoms. The zero-order valence-electron chi connectivity index (χ0n) is 11.8. The number of hydrogen-bond acceptors (Lipinski definition) is 1. The topological polar surface area (TPSA) is 37.3 Å². The second-order valence-electron chi connectivity index (χ2n) is 4.97. The molecule has 1 aromatic carbocycles. The van der Waals surface area contributed by atoms with Crippen LogP contribution in [0, 0.1) is 0 Å². The SMILES string of the molecule is CCCCCCCCP(=O)(O)C=Cc1ccccc1. The Bertz CT molecular complexity index is 412. The summed E-state index contributed by atoms with van der Waals surface area (Å²) in [5.74, 6) is 1.48. The van der Waals surface area contributed by atoms with Crippen molar-refractivity contribution in [3.05, 3.63) is 41.7 Å². The van der Waals surface area contributed by atoms with Gasteiger partial charge in [0.1, 0.15) is 0 Å². The van der Waals surface area contributed by atoms with Crippen LogP contribution in [0.2, 0.25) is 0 Å². The van der Waals surface area contributed by atoms with E-state index in [-0.39, 0.29) is 0 Å². The molecule has 0 saturated heterocycles. The highest BCUT2D eigenvalue weighted by Gasteiger charge is 2.12. The van der Waals surface area contributed by atoms with Gasteiger partial charge in [-0.2, -0.15) is 0 Å². The smallest absolute Gasteiger partial charge is 0.222 e. The molecule has 1 N–H and O–H groups in total. The van der Waals surface area contributed by atoms with Crippen LogP contribution in [0.15, 0.2) is 36.1 Å². The van der Waals surface area contributed by atoms with Gasteiger partial charge >= 0.3 is 0 Å². The number of rotatable bonds is 9. The molecule has 1 rings (SSSR count). The van der Waals surface area contributed by atoms with Crippen LogP contribution in [0.25, 0.3) is 6.08 Å². The highest BCUT2D eigenvalue weighted by Crippen LogP contribution is 2.43. The third kappa shape index (κ3) is 8.02. The molecule has 0 saturated carbocycles. The summed E-state index contributed by atoms with van der Waals surface area (Å²) in [6.45, 7) is 2.19.